The van der Waals surface area contributed by atoms with E-state index in [-0.39, 0.29) is 17.4 Å². The molecule has 1 amide bonds. The second-order valence-electron chi connectivity index (χ2n) is 12.9. The SMILES string of the molecule is NS(=O)(=O)c1cccc(CCCCOCCCCCCN(Cc2ccccc2)CC(O)c2ccc(OCc3ccccc3)c3c2OCC(=O)N3)c1. The predicted molar refractivity (Wildman–Crippen MR) is 198 cm³/mol. The Kier molecular flexibility index (Phi) is 14.4. The second-order valence-corrected chi connectivity index (χ2v) is 14.4. The zero-order chi connectivity index (χ0) is 35.9. The highest BCUT2D eigenvalue weighted by Crippen LogP contribution is 2.42. The van der Waals surface area contributed by atoms with Gasteiger partial charge in [0.2, 0.25) is 10.0 Å². The number of aliphatic hydroxyl groups excluding tert-OH is 1. The van der Waals surface area contributed by atoms with E-state index in [4.69, 9.17) is 19.3 Å². The highest BCUT2D eigenvalue weighted by atomic mass is 32.2. The number of primary sulfonamides is 1. The topological polar surface area (TPSA) is 140 Å². The van der Waals surface area contributed by atoms with Crippen molar-refractivity contribution < 1.29 is 32.5 Å². The van der Waals surface area contributed by atoms with E-state index >= 15 is 0 Å². The molecular weight excluding hydrogens is 667 g/mol. The molecule has 1 aliphatic heterocycles. The Bertz CT molecular complexity index is 1790. The van der Waals surface area contributed by atoms with Crippen molar-refractivity contribution in [3.63, 3.8) is 0 Å². The lowest BCUT2D eigenvalue weighted by Gasteiger charge is -2.29. The molecule has 0 fully saturated rings. The van der Waals surface area contributed by atoms with Crippen molar-refractivity contribution in [2.45, 2.75) is 69.1 Å². The normalized spacial score (nSPS) is 13.4. The Hall–Kier alpha value is -4.26. The maximum atomic E-state index is 12.3. The quantitative estimate of drug-likeness (QED) is 0.0845. The molecule has 1 aliphatic rings. The minimum atomic E-state index is -3.69. The zero-order valence-electron chi connectivity index (χ0n) is 29.0. The molecule has 4 aromatic rings. The monoisotopic (exact) mass is 715 g/mol. The van der Waals surface area contributed by atoms with Crippen molar-refractivity contribution >= 4 is 21.6 Å². The van der Waals surface area contributed by atoms with Crippen molar-refractivity contribution in [3.8, 4) is 11.5 Å². The van der Waals surface area contributed by atoms with Gasteiger partial charge < -0.3 is 24.6 Å². The number of fused-ring (bicyclic) bond motifs is 1. The van der Waals surface area contributed by atoms with Gasteiger partial charge in [-0.1, -0.05) is 85.6 Å². The van der Waals surface area contributed by atoms with Crippen LogP contribution >= 0.6 is 0 Å². The molecule has 0 saturated heterocycles. The molecule has 1 atom stereocenters. The second kappa shape index (κ2) is 19.4. The van der Waals surface area contributed by atoms with Crippen LogP contribution in [0.4, 0.5) is 5.69 Å². The number of carbonyl (C=O) groups is 1. The van der Waals surface area contributed by atoms with Crippen LogP contribution in [0.25, 0.3) is 0 Å². The van der Waals surface area contributed by atoms with Gasteiger partial charge in [0, 0.05) is 31.9 Å². The zero-order valence-corrected chi connectivity index (χ0v) is 29.9. The number of benzene rings is 4. The van der Waals surface area contributed by atoms with E-state index in [0.29, 0.717) is 55.7 Å². The molecule has 0 aromatic heterocycles. The number of aliphatic hydroxyl groups is 1. The first-order valence-corrected chi connectivity index (χ1v) is 19.2. The number of nitrogens with zero attached hydrogens (tertiary/aromatic N) is 1. The Morgan fingerprint density at radius 1 is 0.824 bits per heavy atom. The summed E-state index contributed by atoms with van der Waals surface area (Å²) in [5.74, 6) is 0.681. The largest absolute Gasteiger partial charge is 0.487 e. The molecule has 0 saturated carbocycles. The lowest BCUT2D eigenvalue weighted by molar-refractivity contribution is -0.118. The fourth-order valence-corrected chi connectivity index (χ4v) is 6.70. The van der Waals surface area contributed by atoms with E-state index in [9.17, 15) is 18.3 Å². The van der Waals surface area contributed by atoms with E-state index in [1.54, 1.807) is 18.2 Å². The molecular formula is C40H49N3O7S. The first-order valence-electron chi connectivity index (χ1n) is 17.7. The number of unbranched alkanes of at least 4 members (excludes halogenated alkanes) is 4. The molecule has 10 nitrogen and oxygen atoms in total. The highest BCUT2D eigenvalue weighted by Gasteiger charge is 2.27. The smallest absolute Gasteiger partial charge is 0.262 e. The minimum absolute atomic E-state index is 0.121. The predicted octanol–water partition coefficient (Wildman–Crippen LogP) is 6.38. The number of nitrogens with two attached hydrogens (primary N) is 1. The van der Waals surface area contributed by atoms with Crippen molar-refractivity contribution in [2.24, 2.45) is 5.14 Å². The van der Waals surface area contributed by atoms with Crippen LogP contribution in [0.1, 0.15) is 66.9 Å². The highest BCUT2D eigenvalue weighted by molar-refractivity contribution is 7.89. The third-order valence-corrected chi connectivity index (χ3v) is 9.69. The number of aryl methyl sites for hydroxylation is 1. The number of ether oxygens (including phenoxy) is 3. The van der Waals surface area contributed by atoms with Crippen molar-refractivity contribution in [2.75, 3.05) is 38.2 Å². The Morgan fingerprint density at radius 2 is 1.51 bits per heavy atom. The average Bonchev–Trinajstić information content (AvgIpc) is 3.13. The van der Waals surface area contributed by atoms with Gasteiger partial charge in [0.05, 0.1) is 11.0 Å². The van der Waals surface area contributed by atoms with Crippen molar-refractivity contribution in [1.29, 1.82) is 0 Å². The Balaban J connectivity index is 1.07. The molecule has 1 unspecified atom stereocenters. The minimum Gasteiger partial charge on any atom is -0.487 e. The lowest BCUT2D eigenvalue weighted by atomic mass is 10.0. The van der Waals surface area contributed by atoms with Crippen LogP contribution in [0.2, 0.25) is 0 Å². The van der Waals surface area contributed by atoms with Gasteiger partial charge in [-0.15, -0.1) is 0 Å². The third-order valence-electron chi connectivity index (χ3n) is 8.78. The van der Waals surface area contributed by atoms with E-state index in [1.807, 2.05) is 60.7 Å². The van der Waals surface area contributed by atoms with Crippen molar-refractivity contribution in [3.05, 3.63) is 119 Å². The summed E-state index contributed by atoms with van der Waals surface area (Å²) < 4.78 is 40.9. The molecule has 5 rings (SSSR count). The number of hydrogen-bond acceptors (Lipinski definition) is 8. The summed E-state index contributed by atoms with van der Waals surface area (Å²) in [6.07, 6.45) is 5.80. The standard InChI is InChI=1S/C40H49N3O7S/c41-51(46,47)34-20-13-19-31(26-34)14-9-12-25-48-24-11-2-1-10-23-43(27-32-15-5-3-6-16-32)28-36(44)35-21-22-37(39-40(35)50-30-38(45)42-39)49-29-33-17-7-4-8-18-33/h3-8,13,15-22,26,36,44H,1-2,9-12,14,23-25,27-30H2,(H,42,45)(H2,41,46,47). The number of carbonyl (C=O) groups excluding carboxylic acids is 1. The third kappa shape index (κ3) is 12.2. The van der Waals surface area contributed by atoms with Crippen LogP contribution in [0.5, 0.6) is 11.5 Å². The molecule has 4 N–H and O–H groups in total. The molecule has 51 heavy (non-hydrogen) atoms. The number of amides is 1. The molecule has 0 aliphatic carbocycles. The van der Waals surface area contributed by atoms with Gasteiger partial charge in [-0.2, -0.15) is 0 Å². The van der Waals surface area contributed by atoms with Gasteiger partial charge in [0.1, 0.15) is 18.0 Å². The summed E-state index contributed by atoms with van der Waals surface area (Å²) in [6.45, 7) is 3.52. The number of hydrogen-bond donors (Lipinski definition) is 3. The van der Waals surface area contributed by atoms with Crippen LogP contribution in [0, 0.1) is 0 Å². The Labute approximate surface area is 301 Å². The number of anilines is 1. The van der Waals surface area contributed by atoms with Gasteiger partial charge in [-0.05, 0) is 79.6 Å². The van der Waals surface area contributed by atoms with Gasteiger partial charge >= 0.3 is 0 Å². The lowest BCUT2D eigenvalue weighted by Crippen LogP contribution is -2.31. The molecule has 1 heterocycles. The summed E-state index contributed by atoms with van der Waals surface area (Å²) in [6, 6.07) is 30.4. The summed E-state index contributed by atoms with van der Waals surface area (Å²) >= 11 is 0. The van der Waals surface area contributed by atoms with Crippen LogP contribution in [-0.2, 0) is 39.1 Å². The average molecular weight is 716 g/mol. The van der Waals surface area contributed by atoms with Gasteiger partial charge in [0.15, 0.2) is 12.4 Å². The molecule has 11 heteroatoms. The van der Waals surface area contributed by atoms with Crippen LogP contribution in [0.15, 0.2) is 102 Å². The fourth-order valence-electron chi connectivity index (χ4n) is 6.11. The number of rotatable bonds is 21. The van der Waals surface area contributed by atoms with E-state index in [0.717, 1.165) is 62.6 Å². The van der Waals surface area contributed by atoms with Crippen molar-refractivity contribution in [1.82, 2.24) is 4.90 Å². The summed E-state index contributed by atoms with van der Waals surface area (Å²) in [4.78, 5) is 14.7. The van der Waals surface area contributed by atoms with Gasteiger partial charge in [-0.3, -0.25) is 9.69 Å². The fraction of sp³-hybridized carbons (Fsp3) is 0.375. The number of nitrogens with one attached hydrogen (secondary N) is 1. The van der Waals surface area contributed by atoms with Gasteiger partial charge in [0.25, 0.3) is 5.91 Å². The summed E-state index contributed by atoms with van der Waals surface area (Å²) in [7, 11) is -3.69. The van der Waals surface area contributed by atoms with Crippen LogP contribution < -0.4 is 19.9 Å². The molecule has 0 bridgehead atoms. The van der Waals surface area contributed by atoms with E-state index < -0.39 is 16.1 Å². The number of sulfonamides is 1. The maximum absolute atomic E-state index is 12.3. The summed E-state index contributed by atoms with van der Waals surface area (Å²) in [5, 5.41) is 19.7. The Morgan fingerprint density at radius 3 is 2.25 bits per heavy atom. The van der Waals surface area contributed by atoms with E-state index in [1.165, 1.54) is 11.6 Å². The molecule has 4 aromatic carbocycles. The first kappa shape index (κ1) is 38.0. The van der Waals surface area contributed by atoms with E-state index in [2.05, 4.69) is 22.3 Å². The molecule has 0 radical (unpaired) electrons. The first-order chi connectivity index (χ1) is 24.8. The maximum Gasteiger partial charge on any atom is 0.262 e. The van der Waals surface area contributed by atoms with Crippen LogP contribution in [0.3, 0.4) is 0 Å². The summed E-state index contributed by atoms with van der Waals surface area (Å²) in [5.41, 5.74) is 4.20. The molecule has 0 spiro atoms. The van der Waals surface area contributed by atoms with Gasteiger partial charge in [-0.25, -0.2) is 13.6 Å². The van der Waals surface area contributed by atoms with Crippen LogP contribution in [-0.4, -0.2) is 57.2 Å². The molecule has 272 valence electrons.